The van der Waals surface area contributed by atoms with E-state index in [9.17, 15) is 9.59 Å². The van der Waals surface area contributed by atoms with E-state index in [1.807, 2.05) is 60.7 Å². The first-order chi connectivity index (χ1) is 16.0. The first-order valence-corrected chi connectivity index (χ1v) is 10.9. The van der Waals surface area contributed by atoms with Gasteiger partial charge in [0.1, 0.15) is 0 Å². The van der Waals surface area contributed by atoms with Crippen LogP contribution in [0.2, 0.25) is 0 Å². The van der Waals surface area contributed by atoms with Crippen LogP contribution in [0.15, 0.2) is 88.8 Å². The van der Waals surface area contributed by atoms with Crippen LogP contribution >= 0.6 is 11.8 Å². The molecule has 33 heavy (non-hydrogen) atoms. The van der Waals surface area contributed by atoms with Gasteiger partial charge < -0.3 is 15.2 Å². The van der Waals surface area contributed by atoms with Gasteiger partial charge in [-0.2, -0.15) is 0 Å². The zero-order chi connectivity index (χ0) is 23.2. The Morgan fingerprint density at radius 1 is 1.03 bits per heavy atom. The molecule has 2 N–H and O–H groups in total. The van der Waals surface area contributed by atoms with Crippen LogP contribution in [0.25, 0.3) is 6.08 Å². The monoisotopic (exact) mass is 459 g/mol. The maximum atomic E-state index is 13.4. The average Bonchev–Trinajstić information content (AvgIpc) is 3.13. The number of anilines is 1. The number of methoxy groups -OCH3 is 1. The van der Waals surface area contributed by atoms with Crippen LogP contribution < -0.4 is 20.1 Å². The zero-order valence-corrected chi connectivity index (χ0v) is 18.6. The number of aliphatic imine (C=N–C) groups is 1. The summed E-state index contributed by atoms with van der Waals surface area (Å²) in [6.45, 7) is -0.253. The summed E-state index contributed by atoms with van der Waals surface area (Å²) in [7, 11) is 1.50. The molecule has 0 radical (unpaired) electrons. The third-order valence-corrected chi connectivity index (χ3v) is 5.63. The molecule has 0 saturated carbocycles. The molecule has 2 amide bonds. The minimum Gasteiger partial charge on any atom is -0.493 e. The molecular weight excluding hydrogens is 438 g/mol. The maximum Gasteiger partial charge on any atom is 0.271 e. The lowest BCUT2D eigenvalue weighted by atomic mass is 10.2. The number of rotatable bonds is 7. The minimum absolute atomic E-state index is 0.172. The Kier molecular flexibility index (Phi) is 6.75. The van der Waals surface area contributed by atoms with Gasteiger partial charge in [0.05, 0.1) is 23.4 Å². The van der Waals surface area contributed by atoms with Crippen LogP contribution in [-0.4, -0.2) is 30.7 Å². The predicted octanol–water partition coefficient (Wildman–Crippen LogP) is 4.37. The summed E-state index contributed by atoms with van der Waals surface area (Å²) in [5, 5.41) is 0.567. The van der Waals surface area contributed by atoms with E-state index in [0.29, 0.717) is 21.6 Å². The fourth-order valence-electron chi connectivity index (χ4n) is 3.16. The molecule has 7 nitrogen and oxygen atoms in total. The second-order valence-electron chi connectivity index (χ2n) is 6.98. The van der Waals surface area contributed by atoms with Crippen LogP contribution in [0.4, 0.5) is 11.4 Å². The number of amidine groups is 1. The average molecular weight is 460 g/mol. The number of para-hydroxylation sites is 2. The number of hydrogen-bond acceptors (Lipinski definition) is 6. The van der Waals surface area contributed by atoms with E-state index in [2.05, 4.69) is 0 Å². The SMILES string of the molecule is COc1cc(/C=C2/SC(=Nc3ccccc3)N(c3ccccc3)C2=O)ccc1OCC(N)=O. The van der Waals surface area contributed by atoms with Crippen molar-refractivity contribution >= 4 is 46.2 Å². The quantitative estimate of drug-likeness (QED) is 0.530. The molecule has 1 saturated heterocycles. The van der Waals surface area contributed by atoms with Crippen molar-refractivity contribution in [3.05, 3.63) is 89.3 Å². The normalized spacial score (nSPS) is 15.8. The van der Waals surface area contributed by atoms with Gasteiger partial charge in [-0.15, -0.1) is 0 Å². The number of carbonyl (C=O) groups excluding carboxylic acids is 2. The first-order valence-electron chi connectivity index (χ1n) is 10.1. The number of amides is 2. The van der Waals surface area contributed by atoms with Crippen LogP contribution in [-0.2, 0) is 9.59 Å². The highest BCUT2D eigenvalue weighted by Crippen LogP contribution is 2.38. The van der Waals surface area contributed by atoms with Gasteiger partial charge in [0, 0.05) is 0 Å². The second-order valence-corrected chi connectivity index (χ2v) is 7.99. The standard InChI is InChI=1S/C25H21N3O4S/c1-31-21-14-17(12-13-20(21)32-16-23(26)29)15-22-24(30)28(19-10-6-3-7-11-19)25(33-22)27-18-8-4-2-5-9-18/h2-15H,16H2,1H3,(H2,26,29)/b22-15+,27-25?. The molecule has 0 atom stereocenters. The van der Waals surface area contributed by atoms with Crippen molar-refractivity contribution in [3.8, 4) is 11.5 Å². The Hall–Kier alpha value is -4.04. The van der Waals surface area contributed by atoms with E-state index in [1.165, 1.54) is 18.9 Å². The molecule has 3 aromatic carbocycles. The summed E-state index contributed by atoms with van der Waals surface area (Å²) in [6.07, 6.45) is 1.77. The number of nitrogens with two attached hydrogens (primary N) is 1. The second kappa shape index (κ2) is 10.1. The van der Waals surface area contributed by atoms with Crippen LogP contribution in [0.1, 0.15) is 5.56 Å². The highest BCUT2D eigenvalue weighted by atomic mass is 32.2. The highest BCUT2D eigenvalue weighted by Gasteiger charge is 2.34. The number of thioether (sulfide) groups is 1. The smallest absolute Gasteiger partial charge is 0.271 e. The molecule has 0 spiro atoms. The van der Waals surface area contributed by atoms with Crippen molar-refractivity contribution in [3.63, 3.8) is 0 Å². The van der Waals surface area contributed by atoms with Crippen LogP contribution in [0, 0.1) is 0 Å². The summed E-state index contributed by atoms with van der Waals surface area (Å²) in [6, 6.07) is 24.1. The van der Waals surface area contributed by atoms with Crippen molar-refractivity contribution in [1.29, 1.82) is 0 Å². The predicted molar refractivity (Wildman–Crippen MR) is 131 cm³/mol. The lowest BCUT2D eigenvalue weighted by Crippen LogP contribution is -2.28. The Morgan fingerprint density at radius 2 is 1.73 bits per heavy atom. The van der Waals surface area contributed by atoms with Gasteiger partial charge in [-0.05, 0) is 59.8 Å². The largest absolute Gasteiger partial charge is 0.493 e. The van der Waals surface area contributed by atoms with Crippen molar-refractivity contribution in [2.45, 2.75) is 0 Å². The summed E-state index contributed by atoms with van der Waals surface area (Å²) in [5.74, 6) is 0.0663. The van der Waals surface area contributed by atoms with Gasteiger partial charge in [-0.1, -0.05) is 42.5 Å². The molecule has 1 heterocycles. The number of hydrogen-bond donors (Lipinski definition) is 1. The van der Waals surface area contributed by atoms with Gasteiger partial charge >= 0.3 is 0 Å². The van der Waals surface area contributed by atoms with E-state index in [0.717, 1.165) is 16.9 Å². The number of ether oxygens (including phenoxy) is 2. The Bertz CT molecular complexity index is 1230. The Morgan fingerprint density at radius 3 is 2.39 bits per heavy atom. The van der Waals surface area contributed by atoms with E-state index >= 15 is 0 Å². The molecule has 1 aliphatic rings. The number of primary amides is 1. The fourth-order valence-corrected chi connectivity index (χ4v) is 4.16. The molecule has 166 valence electrons. The minimum atomic E-state index is -0.581. The molecule has 0 bridgehead atoms. The van der Waals surface area contributed by atoms with E-state index < -0.39 is 5.91 Å². The molecule has 1 aliphatic heterocycles. The van der Waals surface area contributed by atoms with Crippen molar-refractivity contribution in [1.82, 2.24) is 0 Å². The third kappa shape index (κ3) is 5.24. The van der Waals surface area contributed by atoms with Gasteiger partial charge in [0.2, 0.25) is 0 Å². The molecule has 8 heteroatoms. The maximum absolute atomic E-state index is 13.4. The highest BCUT2D eigenvalue weighted by molar-refractivity contribution is 8.19. The third-order valence-electron chi connectivity index (χ3n) is 4.66. The van der Waals surface area contributed by atoms with Crippen molar-refractivity contribution in [2.24, 2.45) is 10.7 Å². The Balaban J connectivity index is 1.69. The van der Waals surface area contributed by atoms with Crippen LogP contribution in [0.5, 0.6) is 11.5 Å². The van der Waals surface area contributed by atoms with E-state index in [4.69, 9.17) is 20.2 Å². The molecule has 1 fully saturated rings. The van der Waals surface area contributed by atoms with Crippen LogP contribution in [0.3, 0.4) is 0 Å². The van der Waals surface area contributed by atoms with Gasteiger partial charge in [0.15, 0.2) is 23.3 Å². The summed E-state index contributed by atoms with van der Waals surface area (Å²) in [4.78, 5) is 31.2. The summed E-state index contributed by atoms with van der Waals surface area (Å²) < 4.78 is 10.7. The first kappa shape index (κ1) is 22.2. The summed E-state index contributed by atoms with van der Waals surface area (Å²) >= 11 is 1.30. The topological polar surface area (TPSA) is 94.2 Å². The fraction of sp³-hybridized carbons (Fsp3) is 0.0800. The lowest BCUT2D eigenvalue weighted by Gasteiger charge is -2.15. The van der Waals surface area contributed by atoms with Gasteiger partial charge in [0.25, 0.3) is 11.8 Å². The molecule has 4 rings (SSSR count). The van der Waals surface area contributed by atoms with Gasteiger partial charge in [-0.25, -0.2) is 4.99 Å². The number of nitrogens with zero attached hydrogens (tertiary/aromatic N) is 2. The number of benzene rings is 3. The molecule has 0 aliphatic carbocycles. The molecule has 0 unspecified atom stereocenters. The lowest BCUT2D eigenvalue weighted by molar-refractivity contribution is -0.120. The molecule has 3 aromatic rings. The van der Waals surface area contributed by atoms with Crippen molar-refractivity contribution < 1.29 is 19.1 Å². The van der Waals surface area contributed by atoms with Gasteiger partial charge in [-0.3, -0.25) is 14.5 Å². The van der Waals surface area contributed by atoms with E-state index in [-0.39, 0.29) is 12.5 Å². The molecular formula is C25H21N3O4S. The number of carbonyl (C=O) groups is 2. The zero-order valence-electron chi connectivity index (χ0n) is 17.8. The summed E-state index contributed by atoms with van der Waals surface area (Å²) in [5.41, 5.74) is 7.38. The van der Waals surface area contributed by atoms with Crippen molar-refractivity contribution in [2.75, 3.05) is 18.6 Å². The Labute approximate surface area is 195 Å². The van der Waals surface area contributed by atoms with E-state index in [1.54, 1.807) is 29.2 Å². The molecule has 0 aromatic heterocycles.